The highest BCUT2D eigenvalue weighted by molar-refractivity contribution is 6.53. The molecule has 1 aliphatic carbocycles. The van der Waals surface area contributed by atoms with E-state index in [4.69, 9.17) is 6.42 Å². The fourth-order valence-corrected chi connectivity index (χ4v) is 4.13. The fraction of sp³-hybridized carbons (Fsp3) is 0.500. The molecule has 2 atom stereocenters. The number of terminal acetylenes is 1. The van der Waals surface area contributed by atoms with Crippen LogP contribution in [0.3, 0.4) is 0 Å². The summed E-state index contributed by atoms with van der Waals surface area (Å²) in [7, 11) is 2.20. The van der Waals surface area contributed by atoms with Crippen LogP contribution in [0.5, 0.6) is 0 Å². The third-order valence-electron chi connectivity index (χ3n) is 5.47. The maximum absolute atomic E-state index is 12.6. The van der Waals surface area contributed by atoms with Crippen molar-refractivity contribution in [3.63, 3.8) is 0 Å². The molecule has 0 radical (unpaired) electrons. The second-order valence-electron chi connectivity index (χ2n) is 6.75. The predicted octanol–water partition coefficient (Wildman–Crippen LogP) is 1.43. The molecule has 2 bridgehead atoms. The highest BCUT2D eigenvalue weighted by Crippen LogP contribution is 2.34. The molecule has 1 amide bonds. The number of amides is 1. The van der Waals surface area contributed by atoms with Crippen LogP contribution in [0.4, 0.5) is 0 Å². The van der Waals surface area contributed by atoms with Crippen LogP contribution >= 0.6 is 0 Å². The number of hydrogen-bond donors (Lipinski definition) is 1. The van der Waals surface area contributed by atoms with E-state index in [0.717, 1.165) is 29.7 Å². The minimum Gasteiger partial charge on any atom is -0.348 e. The van der Waals surface area contributed by atoms with Crippen LogP contribution < -0.4 is 5.32 Å². The van der Waals surface area contributed by atoms with Crippen molar-refractivity contribution in [2.75, 3.05) is 7.05 Å². The molecule has 23 heavy (non-hydrogen) atoms. The second kappa shape index (κ2) is 5.47. The van der Waals surface area contributed by atoms with Crippen LogP contribution in [-0.2, 0) is 4.79 Å². The molecule has 4 aliphatic rings. The van der Waals surface area contributed by atoms with Crippen molar-refractivity contribution in [1.29, 1.82) is 0 Å². The summed E-state index contributed by atoms with van der Waals surface area (Å²) < 4.78 is 0. The van der Waals surface area contributed by atoms with Gasteiger partial charge in [-0.15, -0.1) is 11.5 Å². The Hall–Kier alpha value is -2.19. The van der Waals surface area contributed by atoms with Crippen molar-refractivity contribution in [3.8, 4) is 12.3 Å². The maximum atomic E-state index is 12.6. The number of piperidine rings is 1. The van der Waals surface area contributed by atoms with Gasteiger partial charge in [-0.25, -0.2) is 0 Å². The molecule has 5 nitrogen and oxygen atoms in total. The predicted molar refractivity (Wildman–Crippen MR) is 90.2 cm³/mol. The van der Waals surface area contributed by atoms with E-state index in [9.17, 15) is 4.79 Å². The minimum atomic E-state index is -0.123. The number of allylic oxidation sites excluding steroid dienone is 3. The van der Waals surface area contributed by atoms with E-state index < -0.39 is 0 Å². The Morgan fingerprint density at radius 3 is 2.78 bits per heavy atom. The van der Waals surface area contributed by atoms with Gasteiger partial charge in [-0.05, 0) is 38.8 Å². The summed E-state index contributed by atoms with van der Waals surface area (Å²) in [6.07, 6.45) is 14.4. The molecule has 2 fully saturated rings. The first kappa shape index (κ1) is 14.4. The third kappa shape index (κ3) is 2.43. The molecule has 5 heteroatoms. The van der Waals surface area contributed by atoms with Crippen LogP contribution in [0, 0.1) is 12.3 Å². The van der Waals surface area contributed by atoms with E-state index in [-0.39, 0.29) is 11.9 Å². The number of fused-ring (bicyclic) bond motifs is 3. The lowest BCUT2D eigenvalue weighted by molar-refractivity contribution is -0.115. The molecule has 0 aromatic carbocycles. The van der Waals surface area contributed by atoms with Crippen LogP contribution in [0.15, 0.2) is 33.5 Å². The SMILES string of the molecule is C#CC1=CCC2=NN=C(C(=O)NC3CC4CCC(C3)N4C)C2=C1. The zero-order valence-electron chi connectivity index (χ0n) is 13.2. The van der Waals surface area contributed by atoms with Crippen molar-refractivity contribution >= 4 is 17.3 Å². The number of hydrogen-bond acceptors (Lipinski definition) is 4. The Balaban J connectivity index is 1.46. The molecule has 1 N–H and O–H groups in total. The van der Waals surface area contributed by atoms with Crippen LogP contribution in [0.2, 0.25) is 0 Å². The van der Waals surface area contributed by atoms with Crippen molar-refractivity contribution in [3.05, 3.63) is 23.3 Å². The first-order valence-electron chi connectivity index (χ1n) is 8.22. The Morgan fingerprint density at radius 2 is 2.09 bits per heavy atom. The lowest BCUT2D eigenvalue weighted by Crippen LogP contribution is -2.50. The molecule has 0 saturated carbocycles. The normalized spacial score (nSPS) is 32.3. The average Bonchev–Trinajstić information content (AvgIpc) is 3.04. The van der Waals surface area contributed by atoms with Crippen LogP contribution in [0.25, 0.3) is 0 Å². The number of nitrogens with zero attached hydrogens (tertiary/aromatic N) is 3. The Kier molecular flexibility index (Phi) is 3.42. The zero-order chi connectivity index (χ0) is 16.0. The van der Waals surface area contributed by atoms with Crippen molar-refractivity contribution < 1.29 is 4.79 Å². The topological polar surface area (TPSA) is 57.1 Å². The first-order chi connectivity index (χ1) is 11.2. The molecule has 0 spiro atoms. The third-order valence-corrected chi connectivity index (χ3v) is 5.47. The van der Waals surface area contributed by atoms with E-state index in [0.29, 0.717) is 24.2 Å². The lowest BCUT2D eigenvalue weighted by Gasteiger charge is -2.36. The highest BCUT2D eigenvalue weighted by Gasteiger charge is 2.39. The smallest absolute Gasteiger partial charge is 0.272 e. The molecule has 0 aromatic heterocycles. The van der Waals surface area contributed by atoms with Crippen molar-refractivity contribution in [1.82, 2.24) is 10.2 Å². The van der Waals surface area contributed by atoms with Gasteiger partial charge in [0.15, 0.2) is 5.71 Å². The van der Waals surface area contributed by atoms with Gasteiger partial charge >= 0.3 is 0 Å². The van der Waals surface area contributed by atoms with Crippen LogP contribution in [-0.4, -0.2) is 47.4 Å². The Morgan fingerprint density at radius 1 is 1.35 bits per heavy atom. The average molecular weight is 308 g/mol. The van der Waals surface area contributed by atoms with E-state index in [1.165, 1.54) is 12.8 Å². The van der Waals surface area contributed by atoms with Gasteiger partial charge in [0, 0.05) is 35.7 Å². The summed E-state index contributed by atoms with van der Waals surface area (Å²) in [5.41, 5.74) is 2.82. The van der Waals surface area contributed by atoms with E-state index in [1.807, 2.05) is 12.2 Å². The van der Waals surface area contributed by atoms with Crippen molar-refractivity contribution in [2.24, 2.45) is 10.2 Å². The number of carbonyl (C=O) groups excluding carboxylic acids is 1. The second-order valence-corrected chi connectivity index (χ2v) is 6.75. The number of carbonyl (C=O) groups is 1. The molecule has 4 rings (SSSR count). The Labute approximate surface area is 136 Å². The summed E-state index contributed by atoms with van der Waals surface area (Å²) in [5, 5.41) is 11.4. The minimum absolute atomic E-state index is 0.123. The molecular formula is C18H20N4O. The van der Waals surface area contributed by atoms with Gasteiger partial charge in [0.1, 0.15) is 0 Å². The molecule has 3 aliphatic heterocycles. The summed E-state index contributed by atoms with van der Waals surface area (Å²) in [6.45, 7) is 0. The molecule has 3 heterocycles. The number of nitrogens with one attached hydrogen (secondary N) is 1. The van der Waals surface area contributed by atoms with Gasteiger partial charge in [-0.1, -0.05) is 12.0 Å². The molecular weight excluding hydrogens is 288 g/mol. The largest absolute Gasteiger partial charge is 0.348 e. The first-order valence-corrected chi connectivity index (χ1v) is 8.22. The van der Waals surface area contributed by atoms with Crippen LogP contribution in [0.1, 0.15) is 32.1 Å². The van der Waals surface area contributed by atoms with Gasteiger partial charge in [-0.3, -0.25) is 4.79 Å². The summed E-state index contributed by atoms with van der Waals surface area (Å²) in [4.78, 5) is 15.1. The molecule has 0 aromatic rings. The van der Waals surface area contributed by atoms with Gasteiger partial charge in [0.25, 0.3) is 5.91 Å². The lowest BCUT2D eigenvalue weighted by atomic mass is 9.93. The van der Waals surface area contributed by atoms with Crippen molar-refractivity contribution in [2.45, 2.75) is 50.2 Å². The van der Waals surface area contributed by atoms with E-state index in [2.05, 4.69) is 33.4 Å². The molecule has 2 saturated heterocycles. The maximum Gasteiger partial charge on any atom is 0.272 e. The summed E-state index contributed by atoms with van der Waals surface area (Å²) in [6, 6.07) is 1.43. The summed E-state index contributed by atoms with van der Waals surface area (Å²) in [5.74, 6) is 2.50. The van der Waals surface area contributed by atoms with Gasteiger partial charge in [0.05, 0.1) is 5.71 Å². The zero-order valence-corrected chi connectivity index (χ0v) is 13.2. The van der Waals surface area contributed by atoms with Gasteiger partial charge in [0.2, 0.25) is 0 Å². The number of rotatable bonds is 2. The molecule has 2 unspecified atom stereocenters. The highest BCUT2D eigenvalue weighted by atomic mass is 16.2. The Bertz CT molecular complexity index is 708. The monoisotopic (exact) mass is 308 g/mol. The van der Waals surface area contributed by atoms with E-state index in [1.54, 1.807) is 0 Å². The van der Waals surface area contributed by atoms with Gasteiger partial charge in [-0.2, -0.15) is 5.10 Å². The summed E-state index contributed by atoms with van der Waals surface area (Å²) >= 11 is 0. The van der Waals surface area contributed by atoms with E-state index >= 15 is 0 Å². The standard InChI is InChI=1S/C18H20N4O/c1-3-11-4-7-16-15(8-11)17(21-20-16)18(23)19-12-9-13-5-6-14(10-12)22(13)2/h1,4,8,12-14H,5-7,9-10H2,2H3,(H,19,23). The molecule has 118 valence electrons. The fourth-order valence-electron chi connectivity index (χ4n) is 4.13. The van der Waals surface area contributed by atoms with Gasteiger partial charge < -0.3 is 10.2 Å². The quantitative estimate of drug-likeness (QED) is 0.785.